The maximum atomic E-state index is 11.5. The lowest BCUT2D eigenvalue weighted by atomic mass is 9.95. The second kappa shape index (κ2) is 5.76. The van der Waals surface area contributed by atoms with Crippen molar-refractivity contribution >= 4 is 16.9 Å². The molecular formula is C17H17N3O4. The van der Waals surface area contributed by atoms with Gasteiger partial charge in [-0.25, -0.2) is 9.48 Å². The zero-order valence-corrected chi connectivity index (χ0v) is 13.0. The monoisotopic (exact) mass is 327 g/mol. The number of ether oxygens (including phenoxy) is 1. The van der Waals surface area contributed by atoms with Crippen LogP contribution in [0.25, 0.3) is 11.0 Å². The Morgan fingerprint density at radius 3 is 3.08 bits per heavy atom. The zero-order valence-electron chi connectivity index (χ0n) is 13.0. The van der Waals surface area contributed by atoms with Gasteiger partial charge in [0.15, 0.2) is 5.60 Å². The van der Waals surface area contributed by atoms with Gasteiger partial charge in [-0.05, 0) is 30.5 Å². The molecule has 3 heterocycles. The Morgan fingerprint density at radius 2 is 2.29 bits per heavy atom. The lowest BCUT2D eigenvalue weighted by Crippen LogP contribution is -2.40. The van der Waals surface area contributed by atoms with Crippen molar-refractivity contribution in [2.45, 2.75) is 31.4 Å². The quantitative estimate of drug-likeness (QED) is 0.773. The number of rotatable bonds is 5. The van der Waals surface area contributed by atoms with E-state index in [-0.39, 0.29) is 6.42 Å². The molecule has 0 saturated carbocycles. The van der Waals surface area contributed by atoms with Crippen LogP contribution in [0.3, 0.4) is 0 Å². The third-order valence-corrected chi connectivity index (χ3v) is 4.41. The minimum absolute atomic E-state index is 0.236. The second-order valence-corrected chi connectivity index (χ2v) is 6.13. The highest BCUT2D eigenvalue weighted by Crippen LogP contribution is 2.29. The van der Waals surface area contributed by atoms with Gasteiger partial charge in [0, 0.05) is 24.6 Å². The molecule has 0 spiro atoms. The van der Waals surface area contributed by atoms with Crippen LogP contribution < -0.4 is 0 Å². The summed E-state index contributed by atoms with van der Waals surface area (Å²) < 4.78 is 12.6. The van der Waals surface area contributed by atoms with Crippen molar-refractivity contribution in [1.82, 2.24) is 15.0 Å². The van der Waals surface area contributed by atoms with Crippen LogP contribution in [0.4, 0.5) is 0 Å². The Labute approximate surface area is 137 Å². The molecular weight excluding hydrogens is 310 g/mol. The van der Waals surface area contributed by atoms with E-state index in [9.17, 15) is 9.90 Å². The largest absolute Gasteiger partial charge is 0.479 e. The average Bonchev–Trinajstić information content (AvgIpc) is 3.29. The number of hydrogen-bond acceptors (Lipinski definition) is 5. The van der Waals surface area contributed by atoms with Crippen LogP contribution in [-0.2, 0) is 22.5 Å². The topological polar surface area (TPSA) is 90.4 Å². The molecule has 1 fully saturated rings. The molecule has 0 aliphatic carbocycles. The Hall–Kier alpha value is -2.67. The average molecular weight is 327 g/mol. The van der Waals surface area contributed by atoms with Crippen LogP contribution in [0.5, 0.6) is 0 Å². The van der Waals surface area contributed by atoms with E-state index >= 15 is 0 Å². The molecule has 1 aliphatic rings. The number of fused-ring (bicyclic) bond motifs is 1. The van der Waals surface area contributed by atoms with Crippen LogP contribution >= 0.6 is 0 Å². The molecule has 0 amide bonds. The third-order valence-electron chi connectivity index (χ3n) is 4.41. The van der Waals surface area contributed by atoms with Crippen molar-refractivity contribution in [3.8, 4) is 0 Å². The van der Waals surface area contributed by atoms with Gasteiger partial charge in [0.05, 0.1) is 18.5 Å². The predicted molar refractivity (Wildman–Crippen MR) is 84.6 cm³/mol. The van der Waals surface area contributed by atoms with Crippen LogP contribution in [0.1, 0.15) is 24.1 Å². The maximum absolute atomic E-state index is 11.5. The van der Waals surface area contributed by atoms with E-state index in [0.717, 1.165) is 23.0 Å². The number of aliphatic carboxylic acids is 1. The van der Waals surface area contributed by atoms with Crippen molar-refractivity contribution in [3.63, 3.8) is 0 Å². The van der Waals surface area contributed by atoms with E-state index in [1.807, 2.05) is 24.3 Å². The molecule has 24 heavy (non-hydrogen) atoms. The molecule has 1 aliphatic heterocycles. The number of hydrogen-bond donors (Lipinski definition) is 1. The Balaban J connectivity index is 1.51. The zero-order chi connectivity index (χ0) is 16.6. The van der Waals surface area contributed by atoms with Gasteiger partial charge in [-0.1, -0.05) is 17.3 Å². The van der Waals surface area contributed by atoms with E-state index in [1.54, 1.807) is 17.1 Å². The molecule has 2 aromatic heterocycles. The standard InChI is InChI=1S/C17H17N3O4/c21-16(22)17(5-1-6-24-17)9-14-11-20(19-18-14)10-12-2-3-13-4-7-23-15(13)8-12/h2-4,7-8,11H,1,5-6,9-10H2,(H,21,22). The molecule has 4 rings (SSSR count). The molecule has 1 unspecified atom stereocenters. The summed E-state index contributed by atoms with van der Waals surface area (Å²) in [6.07, 6.45) is 4.93. The highest BCUT2D eigenvalue weighted by atomic mass is 16.5. The van der Waals surface area contributed by atoms with Gasteiger partial charge in [-0.2, -0.15) is 0 Å². The molecule has 1 aromatic carbocycles. The first-order valence-corrected chi connectivity index (χ1v) is 7.87. The first kappa shape index (κ1) is 14.9. The van der Waals surface area contributed by atoms with Gasteiger partial charge in [-0.15, -0.1) is 5.10 Å². The van der Waals surface area contributed by atoms with Gasteiger partial charge < -0.3 is 14.3 Å². The van der Waals surface area contributed by atoms with Gasteiger partial charge in [0.25, 0.3) is 0 Å². The van der Waals surface area contributed by atoms with E-state index in [4.69, 9.17) is 9.15 Å². The van der Waals surface area contributed by atoms with Gasteiger partial charge in [0.2, 0.25) is 0 Å². The smallest absolute Gasteiger partial charge is 0.336 e. The molecule has 3 aromatic rings. The van der Waals surface area contributed by atoms with Crippen LogP contribution in [0, 0.1) is 0 Å². The molecule has 1 atom stereocenters. The number of aromatic nitrogens is 3. The minimum atomic E-state index is -1.16. The summed E-state index contributed by atoms with van der Waals surface area (Å²) in [7, 11) is 0. The van der Waals surface area contributed by atoms with Gasteiger partial charge in [-0.3, -0.25) is 0 Å². The third kappa shape index (κ3) is 2.67. The molecule has 0 bridgehead atoms. The highest BCUT2D eigenvalue weighted by Gasteiger charge is 2.43. The van der Waals surface area contributed by atoms with Crippen molar-refractivity contribution < 1.29 is 19.1 Å². The fraction of sp³-hybridized carbons (Fsp3) is 0.353. The maximum Gasteiger partial charge on any atom is 0.336 e. The first-order chi connectivity index (χ1) is 11.6. The predicted octanol–water partition coefficient (Wildman–Crippen LogP) is 2.25. The highest BCUT2D eigenvalue weighted by molar-refractivity contribution is 5.78. The summed E-state index contributed by atoms with van der Waals surface area (Å²) in [6.45, 7) is 1.02. The lowest BCUT2D eigenvalue weighted by molar-refractivity contribution is -0.160. The number of nitrogens with zero attached hydrogens (tertiary/aromatic N) is 3. The second-order valence-electron chi connectivity index (χ2n) is 6.13. The Bertz CT molecular complexity index is 877. The van der Waals surface area contributed by atoms with Crippen molar-refractivity contribution in [3.05, 3.63) is 48.0 Å². The summed E-state index contributed by atoms with van der Waals surface area (Å²) in [5.74, 6) is -0.933. The normalized spacial score (nSPS) is 20.7. The van der Waals surface area contributed by atoms with Gasteiger partial charge >= 0.3 is 5.97 Å². The SMILES string of the molecule is O=C(O)C1(Cc2cn(Cc3ccc4ccoc4c3)nn2)CCCO1. The number of carboxylic acid groups (broad SMARTS) is 1. The van der Waals surface area contributed by atoms with E-state index < -0.39 is 11.6 Å². The first-order valence-electron chi connectivity index (χ1n) is 7.87. The van der Waals surface area contributed by atoms with E-state index in [2.05, 4.69) is 10.3 Å². The Kier molecular flexibility index (Phi) is 3.57. The molecule has 0 radical (unpaired) electrons. The summed E-state index contributed by atoms with van der Waals surface area (Å²) in [5.41, 5.74) is 1.34. The molecule has 7 nitrogen and oxygen atoms in total. The number of carbonyl (C=O) groups is 1. The molecule has 1 saturated heterocycles. The van der Waals surface area contributed by atoms with E-state index in [1.165, 1.54) is 0 Å². The van der Waals surface area contributed by atoms with Crippen molar-refractivity contribution in [2.75, 3.05) is 6.61 Å². The summed E-state index contributed by atoms with van der Waals surface area (Å²) >= 11 is 0. The number of furan rings is 1. The fourth-order valence-corrected chi connectivity index (χ4v) is 3.16. The Morgan fingerprint density at radius 1 is 1.38 bits per heavy atom. The fourth-order valence-electron chi connectivity index (χ4n) is 3.16. The van der Waals surface area contributed by atoms with E-state index in [0.29, 0.717) is 25.3 Å². The summed E-state index contributed by atoms with van der Waals surface area (Å²) in [6, 6.07) is 7.89. The minimum Gasteiger partial charge on any atom is -0.479 e. The molecule has 7 heteroatoms. The van der Waals surface area contributed by atoms with Crippen molar-refractivity contribution in [2.24, 2.45) is 0 Å². The van der Waals surface area contributed by atoms with Gasteiger partial charge in [0.1, 0.15) is 5.58 Å². The van der Waals surface area contributed by atoms with Crippen molar-refractivity contribution in [1.29, 1.82) is 0 Å². The number of carboxylic acids is 1. The molecule has 1 N–H and O–H groups in total. The summed E-state index contributed by atoms with van der Waals surface area (Å²) in [4.78, 5) is 11.5. The summed E-state index contributed by atoms with van der Waals surface area (Å²) in [5, 5.41) is 18.7. The van der Waals surface area contributed by atoms with Crippen LogP contribution in [0.2, 0.25) is 0 Å². The lowest BCUT2D eigenvalue weighted by Gasteiger charge is -2.21. The van der Waals surface area contributed by atoms with Crippen LogP contribution in [-0.4, -0.2) is 38.3 Å². The van der Waals surface area contributed by atoms with Crippen LogP contribution in [0.15, 0.2) is 41.1 Å². The molecule has 124 valence electrons. The number of benzene rings is 1.